The molecule has 0 N–H and O–H groups in total. The highest BCUT2D eigenvalue weighted by Gasteiger charge is 2.35. The summed E-state index contributed by atoms with van der Waals surface area (Å²) in [5.74, 6) is 2.30. The molecular formula is C32H39FO3. The Morgan fingerprint density at radius 1 is 0.944 bits per heavy atom. The van der Waals surface area contributed by atoms with E-state index in [1.807, 2.05) is 31.2 Å². The van der Waals surface area contributed by atoms with Crippen molar-refractivity contribution in [2.75, 3.05) is 6.61 Å². The summed E-state index contributed by atoms with van der Waals surface area (Å²) in [4.78, 5) is 12.6. The smallest absolute Gasteiger partial charge is 0.343 e. The van der Waals surface area contributed by atoms with E-state index in [4.69, 9.17) is 9.47 Å². The molecule has 0 heterocycles. The van der Waals surface area contributed by atoms with Gasteiger partial charge in [-0.25, -0.2) is 9.18 Å². The van der Waals surface area contributed by atoms with Gasteiger partial charge in [-0.1, -0.05) is 42.9 Å². The second-order valence-electron chi connectivity index (χ2n) is 10.3. The van der Waals surface area contributed by atoms with Crippen molar-refractivity contribution in [1.82, 2.24) is 0 Å². The topological polar surface area (TPSA) is 35.5 Å². The summed E-state index contributed by atoms with van der Waals surface area (Å²) in [6.07, 6.45) is 18.6. The van der Waals surface area contributed by atoms with Crippen molar-refractivity contribution in [3.8, 4) is 11.5 Å². The van der Waals surface area contributed by atoms with Crippen molar-refractivity contribution in [2.24, 2.45) is 17.8 Å². The molecule has 0 bridgehead atoms. The molecule has 36 heavy (non-hydrogen) atoms. The van der Waals surface area contributed by atoms with Crippen molar-refractivity contribution >= 4 is 5.97 Å². The van der Waals surface area contributed by atoms with E-state index < -0.39 is 11.8 Å². The van der Waals surface area contributed by atoms with Crippen LogP contribution in [0.4, 0.5) is 4.39 Å². The number of benzene rings is 2. The van der Waals surface area contributed by atoms with Gasteiger partial charge in [0, 0.05) is 6.07 Å². The van der Waals surface area contributed by atoms with Crippen molar-refractivity contribution in [1.29, 1.82) is 0 Å². The Morgan fingerprint density at radius 2 is 1.69 bits per heavy atom. The maximum Gasteiger partial charge on any atom is 0.343 e. The number of hydrogen-bond acceptors (Lipinski definition) is 3. The van der Waals surface area contributed by atoms with Crippen LogP contribution in [0.1, 0.15) is 87.1 Å². The van der Waals surface area contributed by atoms with Gasteiger partial charge in [0.1, 0.15) is 12.4 Å². The van der Waals surface area contributed by atoms with E-state index in [0.29, 0.717) is 23.8 Å². The second kappa shape index (κ2) is 12.9. The molecule has 0 spiro atoms. The fraction of sp³-hybridized carbons (Fsp3) is 0.469. The fourth-order valence-corrected chi connectivity index (χ4v) is 5.99. The Kier molecular flexibility index (Phi) is 9.38. The van der Waals surface area contributed by atoms with Gasteiger partial charge in [-0.3, -0.25) is 0 Å². The van der Waals surface area contributed by atoms with E-state index in [2.05, 4.69) is 31.2 Å². The van der Waals surface area contributed by atoms with Crippen molar-refractivity contribution in [3.63, 3.8) is 0 Å². The molecule has 2 aliphatic rings. The molecule has 4 heteroatoms. The summed E-state index contributed by atoms with van der Waals surface area (Å²) in [5.41, 5.74) is 1.73. The Morgan fingerprint density at radius 3 is 2.44 bits per heavy atom. The minimum atomic E-state index is -0.619. The number of hydrogen-bond donors (Lipinski definition) is 0. The van der Waals surface area contributed by atoms with E-state index in [1.165, 1.54) is 69.1 Å². The molecule has 192 valence electrons. The number of carbonyl (C=O) groups is 1. The Bertz CT molecular complexity index is 1060. The van der Waals surface area contributed by atoms with Crippen LogP contribution in [0.25, 0.3) is 0 Å². The molecule has 0 aromatic heterocycles. The minimum Gasteiger partial charge on any atom is -0.489 e. The molecule has 2 fully saturated rings. The second-order valence-corrected chi connectivity index (χ2v) is 10.3. The lowest BCUT2D eigenvalue weighted by Crippen LogP contribution is -2.30. The van der Waals surface area contributed by atoms with Gasteiger partial charge in [0.2, 0.25) is 0 Å². The van der Waals surface area contributed by atoms with Gasteiger partial charge in [0.25, 0.3) is 0 Å². The van der Waals surface area contributed by atoms with Crippen LogP contribution < -0.4 is 9.47 Å². The Hall–Kier alpha value is -2.88. The largest absolute Gasteiger partial charge is 0.489 e. The molecule has 2 saturated carbocycles. The van der Waals surface area contributed by atoms with E-state index in [1.54, 1.807) is 6.07 Å². The molecular weight excluding hydrogens is 451 g/mol. The van der Waals surface area contributed by atoms with Gasteiger partial charge < -0.3 is 9.47 Å². The average molecular weight is 491 g/mol. The maximum absolute atomic E-state index is 14.4. The predicted octanol–water partition coefficient (Wildman–Crippen LogP) is 8.66. The number of halogens is 1. The number of carbonyl (C=O) groups excluding carboxylic acids is 1. The van der Waals surface area contributed by atoms with Crippen LogP contribution >= 0.6 is 0 Å². The fourth-order valence-electron chi connectivity index (χ4n) is 5.99. The lowest BCUT2D eigenvalue weighted by molar-refractivity contribution is 0.0727. The Balaban J connectivity index is 1.30. The zero-order valence-electron chi connectivity index (χ0n) is 21.6. The normalized spacial score (nSPS) is 24.1. The molecule has 4 atom stereocenters. The highest BCUT2D eigenvalue weighted by Crippen LogP contribution is 2.48. The first kappa shape index (κ1) is 26.2. The van der Waals surface area contributed by atoms with Gasteiger partial charge in [-0.15, -0.1) is 0 Å². The van der Waals surface area contributed by atoms with Gasteiger partial charge >= 0.3 is 5.97 Å². The minimum absolute atomic E-state index is 0.0953. The Labute approximate surface area is 215 Å². The summed E-state index contributed by atoms with van der Waals surface area (Å²) in [5, 5.41) is 0. The van der Waals surface area contributed by atoms with Crippen molar-refractivity contribution in [2.45, 2.75) is 71.1 Å². The number of fused-ring (bicyclic) bond motifs is 1. The molecule has 2 aromatic carbocycles. The lowest BCUT2D eigenvalue weighted by atomic mass is 9.63. The van der Waals surface area contributed by atoms with Crippen LogP contribution in [-0.2, 0) is 0 Å². The van der Waals surface area contributed by atoms with Crippen LogP contribution in [0, 0.1) is 23.6 Å². The number of allylic oxidation sites excluding steroid dienone is 3. The predicted molar refractivity (Wildman–Crippen MR) is 143 cm³/mol. The number of rotatable bonds is 9. The third kappa shape index (κ3) is 6.87. The molecule has 0 radical (unpaired) electrons. The van der Waals surface area contributed by atoms with Crippen molar-refractivity contribution < 1.29 is 18.7 Å². The average Bonchev–Trinajstić information content (AvgIpc) is 2.90. The third-order valence-electron chi connectivity index (χ3n) is 8.00. The van der Waals surface area contributed by atoms with E-state index in [-0.39, 0.29) is 5.75 Å². The zero-order chi connectivity index (χ0) is 25.3. The van der Waals surface area contributed by atoms with E-state index in [9.17, 15) is 9.18 Å². The highest BCUT2D eigenvalue weighted by atomic mass is 19.1. The summed E-state index contributed by atoms with van der Waals surface area (Å²) >= 11 is 0. The highest BCUT2D eigenvalue weighted by molar-refractivity contribution is 5.91. The van der Waals surface area contributed by atoms with Crippen LogP contribution in [0.2, 0.25) is 0 Å². The molecule has 4 rings (SSSR count). The number of esters is 1. The van der Waals surface area contributed by atoms with Crippen LogP contribution in [0.15, 0.2) is 66.8 Å². The van der Waals surface area contributed by atoms with Gasteiger partial charge in [0.15, 0.2) is 11.6 Å². The monoisotopic (exact) mass is 490 g/mol. The van der Waals surface area contributed by atoms with E-state index >= 15 is 0 Å². The molecule has 0 saturated heterocycles. The quantitative estimate of drug-likeness (QED) is 0.200. The van der Waals surface area contributed by atoms with Crippen LogP contribution in [-0.4, -0.2) is 12.6 Å². The van der Waals surface area contributed by atoms with Gasteiger partial charge in [0.05, 0.1) is 5.56 Å². The molecule has 2 aromatic rings. The summed E-state index contributed by atoms with van der Waals surface area (Å²) < 4.78 is 25.2. The first-order chi connectivity index (χ1) is 17.6. The standard InChI is InChI=1S/C32H39FO3/c1-3-5-7-8-23-9-10-28-21-27(16-15-26(28)20-23)24-11-13-25(14-12-24)32(34)36-31-18-17-29(22-30(31)33)35-19-6-4-2/h3-6,11-14,17-18,22-23,26-28H,7-10,15-16,19-21H2,1-2H3/b5-3+,6-4+. The van der Waals surface area contributed by atoms with E-state index in [0.717, 1.165) is 17.8 Å². The van der Waals surface area contributed by atoms with Gasteiger partial charge in [-0.05, 0) is 112 Å². The third-order valence-corrected chi connectivity index (χ3v) is 8.00. The van der Waals surface area contributed by atoms with Gasteiger partial charge in [-0.2, -0.15) is 0 Å². The molecule has 0 amide bonds. The van der Waals surface area contributed by atoms with Crippen LogP contribution in [0.3, 0.4) is 0 Å². The molecule has 3 nitrogen and oxygen atoms in total. The van der Waals surface area contributed by atoms with Crippen LogP contribution in [0.5, 0.6) is 11.5 Å². The van der Waals surface area contributed by atoms with Crippen molar-refractivity contribution in [3.05, 3.63) is 83.7 Å². The molecule has 2 aliphatic carbocycles. The first-order valence-corrected chi connectivity index (χ1v) is 13.5. The number of ether oxygens (including phenoxy) is 2. The summed E-state index contributed by atoms with van der Waals surface area (Å²) in [7, 11) is 0. The first-order valence-electron chi connectivity index (χ1n) is 13.5. The zero-order valence-corrected chi connectivity index (χ0v) is 21.6. The maximum atomic E-state index is 14.4. The SMILES string of the molecule is C/C=C/CCC1CCC2CC(c3ccc(C(=O)Oc4ccc(OC/C=C/C)cc4F)cc3)CCC2C1. The molecule has 0 aliphatic heterocycles. The summed E-state index contributed by atoms with van der Waals surface area (Å²) in [6.45, 7) is 4.36. The lowest BCUT2D eigenvalue weighted by Gasteiger charge is -2.42. The summed E-state index contributed by atoms with van der Waals surface area (Å²) in [6, 6.07) is 12.0. The molecule has 4 unspecified atom stereocenters.